The second kappa shape index (κ2) is 18.0. The highest BCUT2D eigenvalue weighted by Gasteiger charge is 2.31. The van der Waals surface area contributed by atoms with Crippen molar-refractivity contribution in [1.82, 2.24) is 21.3 Å². The van der Waals surface area contributed by atoms with E-state index >= 15 is 0 Å². The summed E-state index contributed by atoms with van der Waals surface area (Å²) in [5.41, 5.74) is 5.78. The van der Waals surface area contributed by atoms with Crippen LogP contribution in [0.25, 0.3) is 0 Å². The largest absolute Gasteiger partial charge is 0.481 e. The van der Waals surface area contributed by atoms with Gasteiger partial charge in [-0.2, -0.15) is 11.8 Å². The molecule has 0 aliphatic carbocycles. The molecule has 0 aromatic carbocycles. The molecule has 9 N–H and O–H groups in total. The van der Waals surface area contributed by atoms with E-state index in [0.717, 1.165) is 0 Å². The summed E-state index contributed by atoms with van der Waals surface area (Å²) < 4.78 is 0. The van der Waals surface area contributed by atoms with Crippen molar-refractivity contribution in [2.75, 3.05) is 18.6 Å². The highest BCUT2D eigenvalue weighted by atomic mass is 32.2. The van der Waals surface area contributed by atoms with Gasteiger partial charge in [0.05, 0.1) is 19.0 Å². The van der Waals surface area contributed by atoms with Crippen LogP contribution < -0.4 is 27.0 Å². The summed E-state index contributed by atoms with van der Waals surface area (Å²) in [7, 11) is 0. The number of hydrogen-bond donors (Lipinski definition) is 8. The molecule has 0 saturated heterocycles. The number of carboxylic acids is 3. The van der Waals surface area contributed by atoms with E-state index in [-0.39, 0.29) is 12.3 Å². The van der Waals surface area contributed by atoms with E-state index in [4.69, 9.17) is 15.9 Å². The lowest BCUT2D eigenvalue weighted by Crippen LogP contribution is -2.57. The molecule has 216 valence electrons. The van der Waals surface area contributed by atoms with Crippen molar-refractivity contribution >= 4 is 53.3 Å². The topological polar surface area (TPSA) is 254 Å². The number of carbonyl (C=O) groups is 7. The number of carboxylic acid groups (broad SMARTS) is 3. The van der Waals surface area contributed by atoms with E-state index in [1.807, 2.05) is 6.92 Å². The molecule has 15 nitrogen and oxygen atoms in total. The molecule has 4 amide bonds. The summed E-state index contributed by atoms with van der Waals surface area (Å²) in [4.78, 5) is 83.6. The number of rotatable bonds is 19. The maximum Gasteiger partial charge on any atom is 0.326 e. The first kappa shape index (κ1) is 34.6. The lowest BCUT2D eigenvalue weighted by molar-refractivity contribution is -0.143. The summed E-state index contributed by atoms with van der Waals surface area (Å²) in [6, 6.07) is -5.41. The highest BCUT2D eigenvalue weighted by molar-refractivity contribution is 7.98. The van der Waals surface area contributed by atoms with Crippen molar-refractivity contribution in [1.29, 1.82) is 0 Å². The summed E-state index contributed by atoms with van der Waals surface area (Å²) in [6.07, 6.45) is 0.517. The van der Waals surface area contributed by atoms with Gasteiger partial charge in [0.15, 0.2) is 0 Å². The Hall–Kier alpha value is -3.40. The number of nitrogens with two attached hydrogens (primary N) is 1. The van der Waals surface area contributed by atoms with Crippen molar-refractivity contribution in [3.63, 3.8) is 0 Å². The Morgan fingerprint density at radius 2 is 1.39 bits per heavy atom. The van der Waals surface area contributed by atoms with Gasteiger partial charge in [-0.05, 0) is 30.8 Å². The average Bonchev–Trinajstić information content (AvgIpc) is 2.85. The molecule has 0 aliphatic heterocycles. The third-order valence-electron chi connectivity index (χ3n) is 5.52. The van der Waals surface area contributed by atoms with Gasteiger partial charge in [-0.15, -0.1) is 0 Å². The van der Waals surface area contributed by atoms with Crippen molar-refractivity contribution in [2.45, 2.75) is 70.1 Å². The Morgan fingerprint density at radius 3 is 1.89 bits per heavy atom. The standard InChI is InChI=1S/C22H37N5O10S/c1-4-11(2)18(23)21(35)24-10-15(28)25-14(9-17(31)32)20(34)26-12(5-6-16(29)30)19(33)27-13(22(36)37)7-8-38-3/h11-14,18H,4-10,23H2,1-3H3,(H,24,35)(H,25,28)(H,26,34)(H,27,33)(H,29,30)(H,31,32)(H,36,37)/t11-,12-,13-,14-,18-/m0/s1. The molecular formula is C22H37N5O10S. The molecule has 0 aromatic rings. The zero-order valence-electron chi connectivity index (χ0n) is 21.5. The van der Waals surface area contributed by atoms with E-state index in [2.05, 4.69) is 21.3 Å². The summed E-state index contributed by atoms with van der Waals surface area (Å²) >= 11 is 1.34. The van der Waals surface area contributed by atoms with Crippen LogP contribution in [0.4, 0.5) is 0 Å². The van der Waals surface area contributed by atoms with E-state index in [1.165, 1.54) is 11.8 Å². The molecule has 0 aromatic heterocycles. The monoisotopic (exact) mass is 563 g/mol. The molecule has 0 heterocycles. The van der Waals surface area contributed by atoms with Crippen LogP contribution in [0.3, 0.4) is 0 Å². The smallest absolute Gasteiger partial charge is 0.326 e. The quantitative estimate of drug-likeness (QED) is 0.0858. The molecule has 0 spiro atoms. The number of hydrogen-bond acceptors (Lipinski definition) is 9. The highest BCUT2D eigenvalue weighted by Crippen LogP contribution is 2.06. The SMILES string of the molecule is CC[C@H](C)[C@H](N)C(=O)NCC(=O)N[C@@H](CC(=O)O)C(=O)N[C@@H](CCC(=O)O)C(=O)N[C@@H](CCSC)C(=O)O. The number of thioether (sulfide) groups is 1. The molecule has 0 saturated carbocycles. The van der Waals surface area contributed by atoms with Crippen molar-refractivity contribution < 1.29 is 48.9 Å². The first-order valence-electron chi connectivity index (χ1n) is 11.8. The van der Waals surface area contributed by atoms with Crippen LogP contribution in [0.5, 0.6) is 0 Å². The third kappa shape index (κ3) is 13.8. The van der Waals surface area contributed by atoms with Gasteiger partial charge < -0.3 is 42.3 Å². The maximum atomic E-state index is 12.8. The van der Waals surface area contributed by atoms with Crippen molar-refractivity contribution in [2.24, 2.45) is 11.7 Å². The van der Waals surface area contributed by atoms with Gasteiger partial charge in [-0.3, -0.25) is 28.8 Å². The Kier molecular flexibility index (Phi) is 16.3. The number of amides is 4. The summed E-state index contributed by atoms with van der Waals surface area (Å²) in [5, 5.41) is 36.3. The van der Waals surface area contributed by atoms with Gasteiger partial charge in [-0.1, -0.05) is 20.3 Å². The van der Waals surface area contributed by atoms with E-state index < -0.39 is 91.5 Å². The fraction of sp³-hybridized carbons (Fsp3) is 0.682. The Bertz CT molecular complexity index is 871. The van der Waals surface area contributed by atoms with Crippen LogP contribution in [-0.2, 0) is 33.6 Å². The van der Waals surface area contributed by atoms with E-state index in [0.29, 0.717) is 12.2 Å². The first-order valence-corrected chi connectivity index (χ1v) is 13.2. The number of nitrogens with one attached hydrogen (secondary N) is 4. The maximum absolute atomic E-state index is 12.8. The van der Waals surface area contributed by atoms with Crippen LogP contribution in [0.15, 0.2) is 0 Å². The number of aliphatic carboxylic acids is 3. The van der Waals surface area contributed by atoms with Crippen LogP contribution in [-0.4, -0.2) is 99.6 Å². The predicted octanol–water partition coefficient (Wildman–Crippen LogP) is -1.89. The molecule has 0 aliphatic rings. The molecule has 5 atom stereocenters. The number of carbonyl (C=O) groups excluding carboxylic acids is 4. The van der Waals surface area contributed by atoms with Gasteiger partial charge in [-0.25, -0.2) is 4.79 Å². The zero-order valence-corrected chi connectivity index (χ0v) is 22.3. The minimum Gasteiger partial charge on any atom is -0.481 e. The molecule has 0 unspecified atom stereocenters. The van der Waals surface area contributed by atoms with Crippen LogP contribution in [0, 0.1) is 5.92 Å². The normalized spacial score (nSPS) is 14.6. The average molecular weight is 564 g/mol. The second-order valence-electron chi connectivity index (χ2n) is 8.52. The summed E-state index contributed by atoms with van der Waals surface area (Å²) in [6.45, 7) is 2.97. The predicted molar refractivity (Wildman–Crippen MR) is 136 cm³/mol. The van der Waals surface area contributed by atoms with Crippen LogP contribution in [0.1, 0.15) is 46.0 Å². The van der Waals surface area contributed by atoms with Gasteiger partial charge in [0, 0.05) is 6.42 Å². The second-order valence-corrected chi connectivity index (χ2v) is 9.51. The fourth-order valence-electron chi connectivity index (χ4n) is 3.00. The van der Waals surface area contributed by atoms with Gasteiger partial charge in [0.2, 0.25) is 23.6 Å². The minimum absolute atomic E-state index is 0.0615. The van der Waals surface area contributed by atoms with Gasteiger partial charge >= 0.3 is 17.9 Å². The lowest BCUT2D eigenvalue weighted by Gasteiger charge is -2.24. The van der Waals surface area contributed by atoms with Crippen molar-refractivity contribution in [3.05, 3.63) is 0 Å². The summed E-state index contributed by atoms with van der Waals surface area (Å²) in [5.74, 6) is -7.50. The fourth-order valence-corrected chi connectivity index (χ4v) is 3.47. The lowest BCUT2D eigenvalue weighted by atomic mass is 9.99. The van der Waals surface area contributed by atoms with Gasteiger partial charge in [0.25, 0.3) is 0 Å². The van der Waals surface area contributed by atoms with Crippen LogP contribution in [0.2, 0.25) is 0 Å². The zero-order chi connectivity index (χ0) is 29.4. The molecule has 16 heteroatoms. The molecule has 0 bridgehead atoms. The molecule has 38 heavy (non-hydrogen) atoms. The van der Waals surface area contributed by atoms with Crippen molar-refractivity contribution in [3.8, 4) is 0 Å². The Labute approximate surface area is 224 Å². The first-order chi connectivity index (χ1) is 17.7. The molecular weight excluding hydrogens is 526 g/mol. The molecule has 0 radical (unpaired) electrons. The molecule has 0 rings (SSSR count). The third-order valence-corrected chi connectivity index (χ3v) is 6.16. The van der Waals surface area contributed by atoms with E-state index in [1.54, 1.807) is 13.2 Å². The van der Waals surface area contributed by atoms with Gasteiger partial charge in [0.1, 0.15) is 18.1 Å². The Morgan fingerprint density at radius 1 is 0.816 bits per heavy atom. The minimum atomic E-state index is -1.69. The van der Waals surface area contributed by atoms with E-state index in [9.17, 15) is 38.7 Å². The van der Waals surface area contributed by atoms with Crippen LogP contribution >= 0.6 is 11.8 Å². The molecule has 0 fully saturated rings. The Balaban J connectivity index is 5.47.